The molecule has 1 saturated carbocycles. The summed E-state index contributed by atoms with van der Waals surface area (Å²) in [6.45, 7) is -0.805. The Labute approximate surface area is 121 Å². The lowest BCUT2D eigenvalue weighted by Crippen LogP contribution is -2.54. The van der Waals surface area contributed by atoms with Crippen LogP contribution >= 0.6 is 0 Å². The fourth-order valence-corrected chi connectivity index (χ4v) is 3.55. The molecule has 1 fully saturated rings. The number of rotatable bonds is 6. The van der Waals surface area contributed by atoms with E-state index in [-0.39, 0.29) is 17.2 Å². The number of nitro groups is 1. The number of nitrogens with zero attached hydrogens (tertiary/aromatic N) is 1. The molecule has 0 aliphatic heterocycles. The van der Waals surface area contributed by atoms with E-state index in [0.717, 1.165) is 24.3 Å². The molecular weight excluding hydrogens is 302 g/mol. The maximum absolute atomic E-state index is 12.2. The minimum absolute atomic E-state index is 0.232. The highest BCUT2D eigenvalue weighted by molar-refractivity contribution is 7.86. The van der Waals surface area contributed by atoms with Gasteiger partial charge in [-0.3, -0.25) is 14.3 Å². The van der Waals surface area contributed by atoms with Crippen LogP contribution in [0.4, 0.5) is 5.69 Å². The summed E-state index contributed by atoms with van der Waals surface area (Å²) < 4.78 is 29.4. The van der Waals surface area contributed by atoms with E-state index in [1.807, 2.05) is 0 Å². The predicted octanol–water partition coefficient (Wildman–Crippen LogP) is 0.434. The zero-order valence-electron chi connectivity index (χ0n) is 11.0. The molecule has 1 aliphatic rings. The summed E-state index contributed by atoms with van der Waals surface area (Å²) >= 11 is 0. The number of benzene rings is 1. The summed E-state index contributed by atoms with van der Waals surface area (Å²) in [7, 11) is -4.17. The first-order valence-corrected chi connectivity index (χ1v) is 7.67. The molecule has 0 amide bonds. The van der Waals surface area contributed by atoms with E-state index in [0.29, 0.717) is 12.8 Å². The van der Waals surface area contributed by atoms with E-state index < -0.39 is 33.2 Å². The second-order valence-corrected chi connectivity index (χ2v) is 6.48. The van der Waals surface area contributed by atoms with Gasteiger partial charge >= 0.3 is 0 Å². The van der Waals surface area contributed by atoms with Crippen LogP contribution in [0.1, 0.15) is 12.8 Å². The Morgan fingerprint density at radius 1 is 1.33 bits per heavy atom. The first kappa shape index (κ1) is 15.8. The monoisotopic (exact) mass is 317 g/mol. The van der Waals surface area contributed by atoms with Crippen molar-refractivity contribution in [1.29, 1.82) is 0 Å². The first-order valence-electron chi connectivity index (χ1n) is 6.26. The van der Waals surface area contributed by atoms with Crippen LogP contribution in [-0.4, -0.2) is 42.4 Å². The van der Waals surface area contributed by atoms with Gasteiger partial charge in [-0.25, -0.2) is 0 Å². The third-order valence-electron chi connectivity index (χ3n) is 3.76. The summed E-state index contributed by atoms with van der Waals surface area (Å²) in [6.07, 6.45) is 0.883. The second-order valence-electron chi connectivity index (χ2n) is 4.93. The molecule has 1 aliphatic carbocycles. The molecule has 0 spiro atoms. The molecule has 1 aromatic rings. The number of non-ortho nitro benzene ring substituents is 1. The van der Waals surface area contributed by atoms with Gasteiger partial charge in [0.25, 0.3) is 15.8 Å². The third kappa shape index (κ3) is 2.91. The van der Waals surface area contributed by atoms with Gasteiger partial charge in [-0.05, 0) is 25.0 Å². The van der Waals surface area contributed by atoms with Crippen LogP contribution in [0.25, 0.3) is 0 Å². The predicted molar refractivity (Wildman–Crippen MR) is 71.0 cm³/mol. The highest BCUT2D eigenvalue weighted by atomic mass is 32.2. The Balaban J connectivity index is 2.24. The minimum Gasteiger partial charge on any atom is -0.396 e. The van der Waals surface area contributed by atoms with E-state index in [1.54, 1.807) is 0 Å². The van der Waals surface area contributed by atoms with Crippen LogP contribution in [0.3, 0.4) is 0 Å². The maximum atomic E-state index is 12.2. The van der Waals surface area contributed by atoms with Crippen molar-refractivity contribution in [2.24, 2.45) is 5.92 Å². The topological polar surface area (TPSA) is 127 Å². The molecule has 8 nitrogen and oxygen atoms in total. The molecule has 9 heteroatoms. The summed E-state index contributed by atoms with van der Waals surface area (Å²) in [5.74, 6) is -0.449. The lowest BCUT2D eigenvalue weighted by Gasteiger charge is -2.46. The van der Waals surface area contributed by atoms with Crippen LogP contribution in [0.15, 0.2) is 29.2 Å². The minimum atomic E-state index is -4.17. The van der Waals surface area contributed by atoms with E-state index in [1.165, 1.54) is 0 Å². The summed E-state index contributed by atoms with van der Waals surface area (Å²) in [4.78, 5) is 9.67. The van der Waals surface area contributed by atoms with Gasteiger partial charge in [-0.2, -0.15) is 8.42 Å². The van der Waals surface area contributed by atoms with Gasteiger partial charge in [0.2, 0.25) is 0 Å². The van der Waals surface area contributed by atoms with Gasteiger partial charge in [0.15, 0.2) is 0 Å². The van der Waals surface area contributed by atoms with Crippen molar-refractivity contribution >= 4 is 15.8 Å². The fraction of sp³-hybridized carbons (Fsp3) is 0.500. The second kappa shape index (κ2) is 5.68. The zero-order chi connectivity index (χ0) is 15.7. The number of nitro benzene ring substituents is 1. The molecule has 2 unspecified atom stereocenters. The normalized spacial score (nSPS) is 25.3. The smallest absolute Gasteiger partial charge is 0.297 e. The van der Waals surface area contributed by atoms with Crippen molar-refractivity contribution in [2.75, 3.05) is 13.2 Å². The fourth-order valence-electron chi connectivity index (χ4n) is 2.27. The number of aliphatic hydroxyl groups is 2. The van der Waals surface area contributed by atoms with E-state index in [9.17, 15) is 23.6 Å². The molecule has 0 radical (unpaired) electrons. The van der Waals surface area contributed by atoms with Crippen molar-refractivity contribution in [1.82, 2.24) is 0 Å². The van der Waals surface area contributed by atoms with Gasteiger partial charge in [0, 0.05) is 24.7 Å². The summed E-state index contributed by atoms with van der Waals surface area (Å²) in [5, 5.41) is 29.1. The number of hydrogen-bond acceptors (Lipinski definition) is 7. The molecule has 0 heterocycles. The van der Waals surface area contributed by atoms with Gasteiger partial charge in [0.05, 0.1) is 16.4 Å². The van der Waals surface area contributed by atoms with Crippen molar-refractivity contribution < 1.29 is 27.7 Å². The lowest BCUT2D eigenvalue weighted by molar-refractivity contribution is -0.384. The number of hydrogen-bond donors (Lipinski definition) is 2. The molecule has 1 aromatic carbocycles. The molecule has 0 bridgehead atoms. The Bertz CT molecular complexity index is 622. The molecule has 116 valence electrons. The SMILES string of the molecule is O=[N+]([O-])c1ccc(S(=O)(=O)OC2(CO)CCC2CO)cc1. The van der Waals surface area contributed by atoms with Crippen molar-refractivity contribution in [2.45, 2.75) is 23.3 Å². The molecule has 2 N–H and O–H groups in total. The zero-order valence-corrected chi connectivity index (χ0v) is 11.8. The number of aliphatic hydroxyl groups excluding tert-OH is 2. The van der Waals surface area contributed by atoms with Gasteiger partial charge in [-0.1, -0.05) is 0 Å². The highest BCUT2D eigenvalue weighted by Crippen LogP contribution is 2.43. The lowest BCUT2D eigenvalue weighted by atomic mass is 9.70. The Morgan fingerprint density at radius 3 is 2.33 bits per heavy atom. The van der Waals surface area contributed by atoms with Gasteiger partial charge < -0.3 is 10.2 Å². The van der Waals surface area contributed by atoms with Crippen LogP contribution in [0, 0.1) is 16.0 Å². The Kier molecular flexibility index (Phi) is 4.28. The van der Waals surface area contributed by atoms with Crippen LogP contribution in [0.2, 0.25) is 0 Å². The Morgan fingerprint density at radius 2 is 1.95 bits per heavy atom. The van der Waals surface area contributed by atoms with Crippen LogP contribution < -0.4 is 0 Å². The van der Waals surface area contributed by atoms with Gasteiger partial charge in [-0.15, -0.1) is 0 Å². The molecule has 2 atom stereocenters. The average molecular weight is 317 g/mol. The molecule has 2 rings (SSSR count). The van der Waals surface area contributed by atoms with Gasteiger partial charge in [0.1, 0.15) is 5.60 Å². The van der Waals surface area contributed by atoms with E-state index in [4.69, 9.17) is 9.29 Å². The average Bonchev–Trinajstić information content (AvgIpc) is 2.44. The van der Waals surface area contributed by atoms with E-state index >= 15 is 0 Å². The molecule has 0 aromatic heterocycles. The van der Waals surface area contributed by atoms with Crippen molar-refractivity contribution in [3.05, 3.63) is 34.4 Å². The van der Waals surface area contributed by atoms with E-state index in [2.05, 4.69) is 0 Å². The largest absolute Gasteiger partial charge is 0.396 e. The van der Waals surface area contributed by atoms with Crippen molar-refractivity contribution in [3.8, 4) is 0 Å². The molecule has 21 heavy (non-hydrogen) atoms. The standard InChI is InChI=1S/C12H15NO7S/c14-7-9-5-6-12(9,8-15)20-21(18,19)11-3-1-10(2-4-11)13(16)17/h1-4,9,14-15H,5-8H2. The third-order valence-corrected chi connectivity index (χ3v) is 5.16. The van der Waals surface area contributed by atoms with Crippen LogP contribution in [-0.2, 0) is 14.3 Å². The van der Waals surface area contributed by atoms with Crippen LogP contribution in [0.5, 0.6) is 0 Å². The highest BCUT2D eigenvalue weighted by Gasteiger charge is 2.50. The summed E-state index contributed by atoms with van der Waals surface area (Å²) in [5.41, 5.74) is -1.54. The first-order chi connectivity index (χ1) is 9.84. The quantitative estimate of drug-likeness (QED) is 0.442. The maximum Gasteiger partial charge on any atom is 0.297 e. The summed E-state index contributed by atoms with van der Waals surface area (Å²) in [6, 6.07) is 4.27. The molecular formula is C12H15NO7S. The Hall–Kier alpha value is -1.55. The van der Waals surface area contributed by atoms with Crippen molar-refractivity contribution in [3.63, 3.8) is 0 Å². The molecule has 0 saturated heterocycles.